The van der Waals surface area contributed by atoms with Crippen LogP contribution in [0.3, 0.4) is 0 Å². The molecule has 84 valence electrons. The zero-order chi connectivity index (χ0) is 10.7. The van der Waals surface area contributed by atoms with Crippen molar-refractivity contribution in [1.29, 1.82) is 0 Å². The third kappa shape index (κ3) is 2.79. The molecule has 1 aliphatic heterocycles. The van der Waals surface area contributed by atoms with Gasteiger partial charge < -0.3 is 10.5 Å². The van der Waals surface area contributed by atoms with E-state index >= 15 is 0 Å². The smallest absolute Gasteiger partial charge is 0.0563 e. The highest BCUT2D eigenvalue weighted by molar-refractivity contribution is 5.06. The molecule has 1 aromatic rings. The van der Waals surface area contributed by atoms with Crippen molar-refractivity contribution in [1.82, 2.24) is 9.78 Å². The molecule has 1 aromatic heterocycles. The van der Waals surface area contributed by atoms with Crippen LogP contribution in [0.2, 0.25) is 0 Å². The minimum atomic E-state index is 0.206. The Morgan fingerprint density at radius 1 is 1.60 bits per heavy atom. The second-order valence-corrected chi connectivity index (χ2v) is 4.35. The lowest BCUT2D eigenvalue weighted by Crippen LogP contribution is -2.20. The lowest BCUT2D eigenvalue weighted by Gasteiger charge is -2.22. The molecule has 1 aliphatic rings. The highest BCUT2D eigenvalue weighted by atomic mass is 16.5. The van der Waals surface area contributed by atoms with Crippen molar-refractivity contribution in [3.63, 3.8) is 0 Å². The van der Waals surface area contributed by atoms with Gasteiger partial charge in [-0.2, -0.15) is 5.10 Å². The lowest BCUT2D eigenvalue weighted by atomic mass is 10.1. The van der Waals surface area contributed by atoms with Gasteiger partial charge in [-0.15, -0.1) is 0 Å². The number of aromatic nitrogens is 2. The number of hydrogen-bond donors (Lipinski definition) is 1. The van der Waals surface area contributed by atoms with Gasteiger partial charge in [0.05, 0.1) is 12.2 Å². The average molecular weight is 209 g/mol. The summed E-state index contributed by atoms with van der Waals surface area (Å²) in [5.41, 5.74) is 6.99. The van der Waals surface area contributed by atoms with E-state index in [4.69, 9.17) is 10.5 Å². The van der Waals surface area contributed by atoms with Gasteiger partial charge in [0.1, 0.15) is 0 Å². The fourth-order valence-corrected chi connectivity index (χ4v) is 2.00. The third-order valence-electron chi connectivity index (χ3n) is 2.78. The van der Waals surface area contributed by atoms with E-state index < -0.39 is 0 Å². The first-order valence-electron chi connectivity index (χ1n) is 5.62. The quantitative estimate of drug-likeness (QED) is 0.811. The van der Waals surface area contributed by atoms with Crippen LogP contribution >= 0.6 is 0 Å². The maximum atomic E-state index is 5.76. The Morgan fingerprint density at radius 2 is 2.33 bits per heavy atom. The van der Waals surface area contributed by atoms with E-state index in [0.717, 1.165) is 32.5 Å². The zero-order valence-electron chi connectivity index (χ0n) is 9.22. The first-order chi connectivity index (χ1) is 7.25. The van der Waals surface area contributed by atoms with E-state index in [1.54, 1.807) is 0 Å². The van der Waals surface area contributed by atoms with Crippen LogP contribution < -0.4 is 5.73 Å². The van der Waals surface area contributed by atoms with E-state index in [-0.39, 0.29) is 6.04 Å². The van der Waals surface area contributed by atoms with Crippen molar-refractivity contribution in [3.8, 4) is 0 Å². The molecule has 1 unspecified atom stereocenters. The van der Waals surface area contributed by atoms with Crippen LogP contribution in [-0.4, -0.2) is 29.0 Å². The van der Waals surface area contributed by atoms with E-state index in [1.165, 1.54) is 5.56 Å². The maximum Gasteiger partial charge on any atom is 0.0563 e. The van der Waals surface area contributed by atoms with Gasteiger partial charge in [-0.3, -0.25) is 4.68 Å². The summed E-state index contributed by atoms with van der Waals surface area (Å²) in [5.74, 6) is 0. The molecule has 4 nitrogen and oxygen atoms in total. The number of hydrogen-bond acceptors (Lipinski definition) is 3. The van der Waals surface area contributed by atoms with E-state index in [1.807, 2.05) is 13.1 Å². The lowest BCUT2D eigenvalue weighted by molar-refractivity contribution is 0.0662. The molecular weight excluding hydrogens is 190 g/mol. The molecule has 0 amide bonds. The topological polar surface area (TPSA) is 53.1 Å². The molecular formula is C11H19N3O. The molecule has 0 radical (unpaired) electrons. The van der Waals surface area contributed by atoms with Gasteiger partial charge in [-0.1, -0.05) is 0 Å². The molecule has 0 aliphatic carbocycles. The molecule has 1 saturated heterocycles. The summed E-state index contributed by atoms with van der Waals surface area (Å²) >= 11 is 0. The molecule has 2 heterocycles. The Bertz CT molecular complexity index is 303. The molecule has 0 bridgehead atoms. The largest absolute Gasteiger partial charge is 0.381 e. The van der Waals surface area contributed by atoms with Crippen LogP contribution in [0.25, 0.3) is 0 Å². The number of ether oxygens (including phenoxy) is 1. The first kappa shape index (κ1) is 10.6. The minimum Gasteiger partial charge on any atom is -0.381 e. The van der Waals surface area contributed by atoms with Gasteiger partial charge in [-0.25, -0.2) is 0 Å². The SMILES string of the molecule is CC(N)Cc1cnn(C2CCOCC2)c1. The van der Waals surface area contributed by atoms with Crippen LogP contribution in [-0.2, 0) is 11.2 Å². The zero-order valence-corrected chi connectivity index (χ0v) is 9.22. The molecule has 4 heteroatoms. The van der Waals surface area contributed by atoms with Crippen molar-refractivity contribution in [2.45, 2.75) is 38.3 Å². The predicted octanol–water partition coefficient (Wildman–Crippen LogP) is 1.12. The van der Waals surface area contributed by atoms with Gasteiger partial charge in [-0.05, 0) is 31.7 Å². The van der Waals surface area contributed by atoms with E-state index in [9.17, 15) is 0 Å². The highest BCUT2D eigenvalue weighted by Gasteiger charge is 2.16. The molecule has 1 fully saturated rings. The molecule has 0 spiro atoms. The van der Waals surface area contributed by atoms with Crippen molar-refractivity contribution < 1.29 is 4.74 Å². The average Bonchev–Trinajstić information content (AvgIpc) is 2.67. The van der Waals surface area contributed by atoms with E-state index in [0.29, 0.717) is 6.04 Å². The summed E-state index contributed by atoms with van der Waals surface area (Å²) in [6.45, 7) is 3.73. The molecule has 2 rings (SSSR count). The van der Waals surface area contributed by atoms with Crippen LogP contribution in [0.15, 0.2) is 12.4 Å². The summed E-state index contributed by atoms with van der Waals surface area (Å²) < 4.78 is 7.40. The normalized spacial score (nSPS) is 20.4. The summed E-state index contributed by atoms with van der Waals surface area (Å²) in [4.78, 5) is 0. The summed E-state index contributed by atoms with van der Waals surface area (Å²) in [5, 5.41) is 4.40. The van der Waals surface area contributed by atoms with Gasteiger partial charge in [0.2, 0.25) is 0 Å². The number of nitrogens with two attached hydrogens (primary N) is 1. The molecule has 1 atom stereocenters. The van der Waals surface area contributed by atoms with Crippen molar-refractivity contribution >= 4 is 0 Å². The summed E-state index contributed by atoms with van der Waals surface area (Å²) in [6.07, 6.45) is 7.10. The molecule has 2 N–H and O–H groups in total. The molecule has 0 saturated carbocycles. The molecule has 15 heavy (non-hydrogen) atoms. The van der Waals surface area contributed by atoms with Gasteiger partial charge in [0, 0.05) is 25.5 Å². The second-order valence-electron chi connectivity index (χ2n) is 4.35. The van der Waals surface area contributed by atoms with Crippen molar-refractivity contribution in [2.75, 3.05) is 13.2 Å². The Hall–Kier alpha value is -0.870. The molecule has 0 aromatic carbocycles. The van der Waals surface area contributed by atoms with Crippen molar-refractivity contribution in [2.24, 2.45) is 5.73 Å². The fraction of sp³-hybridized carbons (Fsp3) is 0.727. The third-order valence-corrected chi connectivity index (χ3v) is 2.78. The highest BCUT2D eigenvalue weighted by Crippen LogP contribution is 2.20. The van der Waals surface area contributed by atoms with E-state index in [2.05, 4.69) is 16.0 Å². The fourth-order valence-electron chi connectivity index (χ4n) is 2.00. The second kappa shape index (κ2) is 4.77. The number of nitrogens with zero attached hydrogens (tertiary/aromatic N) is 2. The predicted molar refractivity (Wildman–Crippen MR) is 58.7 cm³/mol. The Balaban J connectivity index is 1.99. The first-order valence-corrected chi connectivity index (χ1v) is 5.62. The van der Waals surface area contributed by atoms with Crippen LogP contribution in [0, 0.1) is 0 Å². The number of rotatable bonds is 3. The summed E-state index contributed by atoms with van der Waals surface area (Å²) in [6, 6.07) is 0.720. The van der Waals surface area contributed by atoms with Crippen LogP contribution in [0.5, 0.6) is 0 Å². The van der Waals surface area contributed by atoms with Crippen LogP contribution in [0.4, 0.5) is 0 Å². The van der Waals surface area contributed by atoms with Gasteiger partial charge in [0.15, 0.2) is 0 Å². The standard InChI is InChI=1S/C11H19N3O/c1-9(12)6-10-7-13-14(8-10)11-2-4-15-5-3-11/h7-9,11H,2-6,12H2,1H3. The Kier molecular flexibility index (Phi) is 3.38. The monoisotopic (exact) mass is 209 g/mol. The Labute approximate surface area is 90.4 Å². The summed E-state index contributed by atoms with van der Waals surface area (Å²) in [7, 11) is 0. The minimum absolute atomic E-state index is 0.206. The van der Waals surface area contributed by atoms with Gasteiger partial charge >= 0.3 is 0 Å². The maximum absolute atomic E-state index is 5.76. The van der Waals surface area contributed by atoms with Gasteiger partial charge in [0.25, 0.3) is 0 Å². The van der Waals surface area contributed by atoms with Crippen molar-refractivity contribution in [3.05, 3.63) is 18.0 Å². The van der Waals surface area contributed by atoms with Crippen LogP contribution in [0.1, 0.15) is 31.4 Å². The Morgan fingerprint density at radius 3 is 3.00 bits per heavy atom.